The van der Waals surface area contributed by atoms with E-state index in [1.54, 1.807) is 6.20 Å². The number of carbonyl (C=O) groups is 3. The second kappa shape index (κ2) is 15.1. The summed E-state index contributed by atoms with van der Waals surface area (Å²) in [6.07, 6.45) is -0.205. The Morgan fingerprint density at radius 3 is 1.93 bits per heavy atom. The molecule has 2 fully saturated rings. The Morgan fingerprint density at radius 1 is 1.00 bits per heavy atom. The molecule has 0 unspecified atom stereocenters. The Labute approximate surface area is 243 Å². The molecule has 1 aromatic carbocycles. The van der Waals surface area contributed by atoms with Gasteiger partial charge in [0.2, 0.25) is 0 Å². The largest absolute Gasteiger partial charge is 0.490 e. The lowest BCUT2D eigenvalue weighted by molar-refractivity contribution is -0.193. The molecule has 0 atom stereocenters. The minimum absolute atomic E-state index is 0.255. The van der Waals surface area contributed by atoms with E-state index in [2.05, 4.69) is 39.5 Å². The molecule has 1 amide bonds. The number of likely N-dealkylation sites (tertiary alicyclic amines) is 1. The van der Waals surface area contributed by atoms with E-state index in [-0.39, 0.29) is 12.1 Å². The van der Waals surface area contributed by atoms with Gasteiger partial charge in [-0.25, -0.2) is 19.4 Å². The summed E-state index contributed by atoms with van der Waals surface area (Å²) in [5.41, 5.74) is 2.92. The number of aliphatic carboxylic acids is 2. The van der Waals surface area contributed by atoms with Gasteiger partial charge in [0.15, 0.2) is 0 Å². The summed E-state index contributed by atoms with van der Waals surface area (Å²) in [5, 5.41) is 17.3. The smallest absolute Gasteiger partial charge is 0.475 e. The molecule has 2 aliphatic rings. The van der Waals surface area contributed by atoms with Crippen molar-refractivity contribution in [1.29, 1.82) is 0 Å². The molecule has 4 rings (SSSR count). The average Bonchev–Trinajstić information content (AvgIpc) is 3.43. The van der Waals surface area contributed by atoms with E-state index < -0.39 is 24.3 Å². The third-order valence-electron chi connectivity index (χ3n) is 6.78. The third-order valence-corrected chi connectivity index (χ3v) is 6.78. The molecule has 0 bridgehead atoms. The number of hydrogen-bond acceptors (Lipinski definition) is 6. The first-order valence-electron chi connectivity index (χ1n) is 13.2. The maximum atomic E-state index is 11.8. The van der Waals surface area contributed by atoms with Crippen LogP contribution >= 0.6 is 0 Å². The van der Waals surface area contributed by atoms with Gasteiger partial charge in [-0.2, -0.15) is 26.3 Å². The summed E-state index contributed by atoms with van der Waals surface area (Å²) in [6, 6.07) is 9.03. The monoisotopic (exact) mass is 624 g/mol. The summed E-state index contributed by atoms with van der Waals surface area (Å²) in [6.45, 7) is 7.86. The number of alkyl halides is 6. The molecule has 240 valence electrons. The van der Waals surface area contributed by atoms with Crippen LogP contribution in [0.2, 0.25) is 0 Å². The van der Waals surface area contributed by atoms with Gasteiger partial charge in [0.05, 0.1) is 12.9 Å². The maximum Gasteiger partial charge on any atom is 0.490 e. The van der Waals surface area contributed by atoms with Gasteiger partial charge in [-0.3, -0.25) is 4.90 Å². The molecule has 1 aliphatic heterocycles. The molecule has 1 saturated carbocycles. The van der Waals surface area contributed by atoms with Crippen LogP contribution in [0, 0.1) is 11.3 Å². The van der Waals surface area contributed by atoms with Gasteiger partial charge in [-0.05, 0) is 67.8 Å². The van der Waals surface area contributed by atoms with Crippen molar-refractivity contribution in [3.63, 3.8) is 0 Å². The zero-order valence-electron chi connectivity index (χ0n) is 23.5. The molecule has 3 N–H and O–H groups in total. The molecule has 10 nitrogen and oxygen atoms in total. The van der Waals surface area contributed by atoms with E-state index in [1.807, 2.05) is 30.9 Å². The van der Waals surface area contributed by atoms with E-state index in [9.17, 15) is 31.1 Å². The third kappa shape index (κ3) is 12.1. The standard InChI is InChI=1S/C23H32N4O2.2C2HF3O2/c1-18(2)16-29-22(28)25-20-13-23(14-20)7-10-26(11-8-23)15-19-3-5-21(6-4-19)27-12-9-24-17-27;2*3-2(4,5)1(6)7/h3-6,9,12,17-18,20H,7-8,10-11,13-16H2,1-2H3,(H,25,28);2*(H,6,7). The Kier molecular flexibility index (Phi) is 12.4. The lowest BCUT2D eigenvalue weighted by atomic mass is 9.60. The fraction of sp³-hybridized carbons (Fsp3) is 0.556. The van der Waals surface area contributed by atoms with E-state index in [1.165, 1.54) is 18.4 Å². The number of imidazole rings is 1. The maximum absolute atomic E-state index is 11.8. The molecule has 2 heterocycles. The van der Waals surface area contributed by atoms with Crippen LogP contribution < -0.4 is 5.32 Å². The van der Waals surface area contributed by atoms with Crippen LogP contribution in [0.1, 0.15) is 45.1 Å². The van der Waals surface area contributed by atoms with Gasteiger partial charge >= 0.3 is 30.4 Å². The predicted octanol–water partition coefficient (Wildman–Crippen LogP) is 5.27. The van der Waals surface area contributed by atoms with E-state index >= 15 is 0 Å². The van der Waals surface area contributed by atoms with E-state index in [0.29, 0.717) is 17.9 Å². The van der Waals surface area contributed by atoms with Gasteiger partial charge < -0.3 is 24.8 Å². The van der Waals surface area contributed by atoms with Gasteiger partial charge in [-0.15, -0.1) is 0 Å². The van der Waals surface area contributed by atoms with Crippen molar-refractivity contribution < 1.29 is 55.7 Å². The molecule has 2 aromatic rings. The first-order valence-corrected chi connectivity index (χ1v) is 13.2. The zero-order chi connectivity index (χ0) is 32.4. The van der Waals surface area contributed by atoms with Gasteiger partial charge in [-0.1, -0.05) is 26.0 Å². The van der Waals surface area contributed by atoms with Crippen molar-refractivity contribution in [2.75, 3.05) is 19.7 Å². The number of benzene rings is 1. The first-order chi connectivity index (χ1) is 19.9. The minimum Gasteiger partial charge on any atom is -0.475 e. The van der Waals surface area contributed by atoms with Crippen molar-refractivity contribution in [2.24, 2.45) is 11.3 Å². The lowest BCUT2D eigenvalue weighted by Gasteiger charge is -2.52. The highest BCUT2D eigenvalue weighted by Gasteiger charge is 2.46. The number of nitrogens with zero attached hydrogens (tertiary/aromatic N) is 3. The topological polar surface area (TPSA) is 134 Å². The molecule has 16 heteroatoms. The van der Waals surface area contributed by atoms with Crippen molar-refractivity contribution in [3.8, 4) is 5.69 Å². The van der Waals surface area contributed by atoms with Gasteiger partial charge in [0.1, 0.15) is 0 Å². The molecule has 43 heavy (non-hydrogen) atoms. The van der Waals surface area contributed by atoms with Crippen LogP contribution in [-0.2, 0) is 20.9 Å². The number of hydrogen-bond donors (Lipinski definition) is 3. The lowest BCUT2D eigenvalue weighted by Crippen LogP contribution is -2.54. The molecule has 1 spiro atoms. The number of rotatable bonds is 6. The quantitative estimate of drug-likeness (QED) is 0.371. The Bertz CT molecular complexity index is 1150. The number of alkyl carbamates (subject to hydrolysis) is 1. The van der Waals surface area contributed by atoms with Crippen LogP contribution in [0.4, 0.5) is 31.1 Å². The van der Waals surface area contributed by atoms with Crippen molar-refractivity contribution in [2.45, 2.75) is 64.5 Å². The molecule has 0 radical (unpaired) electrons. The fourth-order valence-corrected chi connectivity index (χ4v) is 4.58. The summed E-state index contributed by atoms with van der Waals surface area (Å²) >= 11 is 0. The van der Waals surface area contributed by atoms with Gasteiger partial charge in [0, 0.05) is 30.7 Å². The van der Waals surface area contributed by atoms with Crippen LogP contribution in [0.25, 0.3) is 5.69 Å². The number of carboxylic acids is 2. The van der Waals surface area contributed by atoms with Crippen LogP contribution in [-0.4, -0.2) is 80.8 Å². The zero-order valence-corrected chi connectivity index (χ0v) is 23.5. The number of carbonyl (C=O) groups excluding carboxylic acids is 1. The van der Waals surface area contributed by atoms with E-state index in [0.717, 1.165) is 38.2 Å². The minimum atomic E-state index is -5.08. The second-order valence-corrected chi connectivity index (χ2v) is 10.8. The Hall–Kier alpha value is -3.82. The average molecular weight is 625 g/mol. The highest BCUT2D eigenvalue weighted by Crippen LogP contribution is 2.49. The van der Waals surface area contributed by atoms with E-state index in [4.69, 9.17) is 24.5 Å². The Morgan fingerprint density at radius 2 is 1.51 bits per heavy atom. The number of ether oxygens (including phenoxy) is 1. The normalized spacial score (nSPS) is 16.7. The number of carboxylic acid groups (broad SMARTS) is 2. The number of amides is 1. The van der Waals surface area contributed by atoms with Crippen LogP contribution in [0.5, 0.6) is 0 Å². The molecular weight excluding hydrogens is 590 g/mol. The van der Waals surface area contributed by atoms with Crippen LogP contribution in [0.15, 0.2) is 43.0 Å². The summed E-state index contributed by atoms with van der Waals surface area (Å²) in [4.78, 5) is 36.3. The predicted molar refractivity (Wildman–Crippen MR) is 140 cm³/mol. The number of piperidine rings is 1. The first kappa shape index (κ1) is 35.4. The van der Waals surface area contributed by atoms with Crippen molar-refractivity contribution >= 4 is 18.0 Å². The number of aromatic nitrogens is 2. The SMILES string of the molecule is CC(C)COC(=O)NC1CC2(CCN(Cc3ccc(-n4ccnc4)cc3)CC2)C1.O=C(O)C(F)(F)F.O=C(O)C(F)(F)F. The van der Waals surface area contributed by atoms with Gasteiger partial charge in [0.25, 0.3) is 0 Å². The number of nitrogens with one attached hydrogen (secondary N) is 1. The highest BCUT2D eigenvalue weighted by molar-refractivity contribution is 5.73. The molecular formula is C27H34F6N4O6. The molecule has 1 aromatic heterocycles. The molecule has 1 aliphatic carbocycles. The second-order valence-electron chi connectivity index (χ2n) is 10.8. The summed E-state index contributed by atoms with van der Waals surface area (Å²) < 4.78 is 70.7. The summed E-state index contributed by atoms with van der Waals surface area (Å²) in [5.74, 6) is -5.14. The molecule has 1 saturated heterocycles. The van der Waals surface area contributed by atoms with Crippen molar-refractivity contribution in [1.82, 2.24) is 19.8 Å². The highest BCUT2D eigenvalue weighted by atomic mass is 19.4. The fourth-order valence-electron chi connectivity index (χ4n) is 4.58. The number of halogens is 6. The van der Waals surface area contributed by atoms with Crippen molar-refractivity contribution in [3.05, 3.63) is 48.5 Å². The Balaban J connectivity index is 0.000000384. The van der Waals surface area contributed by atoms with Crippen LogP contribution in [0.3, 0.4) is 0 Å². The summed E-state index contributed by atoms with van der Waals surface area (Å²) in [7, 11) is 0.